The van der Waals surface area contributed by atoms with E-state index in [1.807, 2.05) is 26.8 Å². The maximum absolute atomic E-state index is 11.4. The van der Waals surface area contributed by atoms with E-state index in [0.29, 0.717) is 6.54 Å². The lowest BCUT2D eigenvalue weighted by Crippen LogP contribution is -2.33. The minimum Gasteiger partial charge on any atom is -0.444 e. The van der Waals surface area contributed by atoms with Gasteiger partial charge in [-0.2, -0.15) is 0 Å². The molecule has 0 saturated carbocycles. The van der Waals surface area contributed by atoms with Gasteiger partial charge in [0.2, 0.25) is 0 Å². The second kappa shape index (κ2) is 8.44. The zero-order chi connectivity index (χ0) is 15.7. The van der Waals surface area contributed by atoms with Crippen molar-refractivity contribution in [2.45, 2.75) is 52.6 Å². The molecule has 0 saturated heterocycles. The summed E-state index contributed by atoms with van der Waals surface area (Å²) in [6.45, 7) is 8.95. The van der Waals surface area contributed by atoms with Crippen molar-refractivity contribution in [3.63, 3.8) is 0 Å². The van der Waals surface area contributed by atoms with Gasteiger partial charge in [0.05, 0.1) is 0 Å². The number of amides is 1. The number of carbonyl (C=O) groups excluding carboxylic acids is 1. The van der Waals surface area contributed by atoms with E-state index in [9.17, 15) is 4.79 Å². The minimum atomic E-state index is -0.459. The Labute approximate surface area is 126 Å². The first kappa shape index (κ1) is 17.2. The van der Waals surface area contributed by atoms with Crippen LogP contribution in [0.25, 0.3) is 0 Å². The van der Waals surface area contributed by atoms with Crippen LogP contribution in [0.3, 0.4) is 0 Å². The SMILES string of the molecule is CCCc1cc(NCCCNC(=O)OC(C)(C)C)ncn1. The van der Waals surface area contributed by atoms with Gasteiger partial charge in [0.25, 0.3) is 0 Å². The van der Waals surface area contributed by atoms with Crippen LogP contribution in [-0.4, -0.2) is 34.8 Å². The lowest BCUT2D eigenvalue weighted by atomic mass is 10.2. The normalized spacial score (nSPS) is 11.0. The van der Waals surface area contributed by atoms with E-state index in [1.165, 1.54) is 0 Å². The summed E-state index contributed by atoms with van der Waals surface area (Å²) < 4.78 is 5.15. The molecule has 118 valence electrons. The van der Waals surface area contributed by atoms with Crippen LogP contribution in [0.4, 0.5) is 10.6 Å². The Balaban J connectivity index is 2.19. The van der Waals surface area contributed by atoms with Crippen molar-refractivity contribution >= 4 is 11.9 Å². The molecule has 0 fully saturated rings. The average molecular weight is 294 g/mol. The molecule has 1 heterocycles. The van der Waals surface area contributed by atoms with Crippen LogP contribution >= 0.6 is 0 Å². The molecule has 6 heteroatoms. The summed E-state index contributed by atoms with van der Waals surface area (Å²) in [6, 6.07) is 1.96. The van der Waals surface area contributed by atoms with Gasteiger partial charge in [-0.25, -0.2) is 14.8 Å². The van der Waals surface area contributed by atoms with E-state index in [0.717, 1.165) is 37.3 Å². The first-order valence-electron chi connectivity index (χ1n) is 7.42. The molecule has 0 radical (unpaired) electrons. The number of rotatable bonds is 7. The number of alkyl carbamates (subject to hydrolysis) is 1. The highest BCUT2D eigenvalue weighted by Gasteiger charge is 2.15. The molecule has 0 unspecified atom stereocenters. The fraction of sp³-hybridized carbons (Fsp3) is 0.667. The van der Waals surface area contributed by atoms with Crippen molar-refractivity contribution in [1.29, 1.82) is 0 Å². The molecule has 6 nitrogen and oxygen atoms in total. The smallest absolute Gasteiger partial charge is 0.407 e. The predicted molar refractivity (Wildman–Crippen MR) is 83.4 cm³/mol. The van der Waals surface area contributed by atoms with Gasteiger partial charge in [0.1, 0.15) is 17.7 Å². The van der Waals surface area contributed by atoms with Crippen LogP contribution in [0.15, 0.2) is 12.4 Å². The number of hydrogen-bond donors (Lipinski definition) is 2. The highest BCUT2D eigenvalue weighted by molar-refractivity contribution is 5.67. The summed E-state index contributed by atoms with van der Waals surface area (Å²) in [6.07, 6.45) is 4.02. The predicted octanol–water partition coefficient (Wildman–Crippen LogP) is 2.76. The Bertz CT molecular complexity index is 444. The quantitative estimate of drug-likeness (QED) is 0.756. The van der Waals surface area contributed by atoms with Crippen LogP contribution in [0.1, 0.15) is 46.2 Å². The molecular weight excluding hydrogens is 268 g/mol. The third-order valence-corrected chi connectivity index (χ3v) is 2.56. The van der Waals surface area contributed by atoms with Gasteiger partial charge in [-0.15, -0.1) is 0 Å². The molecule has 1 aromatic heterocycles. The zero-order valence-electron chi connectivity index (χ0n) is 13.4. The number of carbonyl (C=O) groups is 1. The largest absolute Gasteiger partial charge is 0.444 e. The molecule has 2 N–H and O–H groups in total. The molecule has 1 aromatic rings. The molecule has 0 aliphatic carbocycles. The highest BCUT2D eigenvalue weighted by Crippen LogP contribution is 2.07. The van der Waals surface area contributed by atoms with Crippen molar-refractivity contribution in [2.24, 2.45) is 0 Å². The fourth-order valence-corrected chi connectivity index (χ4v) is 1.70. The van der Waals surface area contributed by atoms with Crippen molar-refractivity contribution in [2.75, 3.05) is 18.4 Å². The van der Waals surface area contributed by atoms with E-state index in [2.05, 4.69) is 27.5 Å². The molecular formula is C15H26N4O2. The minimum absolute atomic E-state index is 0.380. The van der Waals surface area contributed by atoms with Gasteiger partial charge >= 0.3 is 6.09 Å². The van der Waals surface area contributed by atoms with E-state index < -0.39 is 5.60 Å². The van der Waals surface area contributed by atoms with Crippen molar-refractivity contribution in [3.8, 4) is 0 Å². The van der Waals surface area contributed by atoms with E-state index in [4.69, 9.17) is 4.74 Å². The molecule has 0 spiro atoms. The molecule has 1 rings (SSSR count). The number of anilines is 1. The molecule has 0 aliphatic heterocycles. The van der Waals surface area contributed by atoms with E-state index >= 15 is 0 Å². The van der Waals surface area contributed by atoms with Gasteiger partial charge in [-0.05, 0) is 33.6 Å². The zero-order valence-corrected chi connectivity index (χ0v) is 13.4. The Kier molecular flexibility index (Phi) is 6.91. The second-order valence-corrected chi connectivity index (χ2v) is 5.85. The van der Waals surface area contributed by atoms with Crippen LogP contribution in [0.2, 0.25) is 0 Å². The third-order valence-electron chi connectivity index (χ3n) is 2.56. The number of nitrogens with zero attached hydrogens (tertiary/aromatic N) is 2. The maximum Gasteiger partial charge on any atom is 0.407 e. The van der Waals surface area contributed by atoms with Crippen molar-refractivity contribution < 1.29 is 9.53 Å². The first-order valence-corrected chi connectivity index (χ1v) is 7.42. The van der Waals surface area contributed by atoms with Crippen molar-refractivity contribution in [3.05, 3.63) is 18.1 Å². The van der Waals surface area contributed by atoms with Gasteiger partial charge in [0.15, 0.2) is 0 Å². The Morgan fingerprint density at radius 2 is 2.05 bits per heavy atom. The highest BCUT2D eigenvalue weighted by atomic mass is 16.6. The summed E-state index contributed by atoms with van der Waals surface area (Å²) in [4.78, 5) is 19.8. The average Bonchev–Trinajstić information content (AvgIpc) is 2.37. The third kappa shape index (κ3) is 8.12. The van der Waals surface area contributed by atoms with Gasteiger partial charge in [0, 0.05) is 24.8 Å². The molecule has 1 amide bonds. The Morgan fingerprint density at radius 1 is 1.29 bits per heavy atom. The van der Waals surface area contributed by atoms with Gasteiger partial charge in [-0.3, -0.25) is 0 Å². The lowest BCUT2D eigenvalue weighted by Gasteiger charge is -2.19. The summed E-state index contributed by atoms with van der Waals surface area (Å²) >= 11 is 0. The van der Waals surface area contributed by atoms with Crippen LogP contribution in [0.5, 0.6) is 0 Å². The van der Waals surface area contributed by atoms with E-state index in [1.54, 1.807) is 6.33 Å². The first-order chi connectivity index (χ1) is 9.90. The van der Waals surface area contributed by atoms with Crippen LogP contribution in [0, 0.1) is 0 Å². The molecule has 21 heavy (non-hydrogen) atoms. The Morgan fingerprint density at radius 3 is 2.71 bits per heavy atom. The Hall–Kier alpha value is -1.85. The van der Waals surface area contributed by atoms with Gasteiger partial charge in [-0.1, -0.05) is 13.3 Å². The summed E-state index contributed by atoms with van der Waals surface area (Å²) in [5.74, 6) is 0.825. The summed E-state index contributed by atoms with van der Waals surface area (Å²) in [7, 11) is 0. The molecule has 0 bridgehead atoms. The summed E-state index contributed by atoms with van der Waals surface area (Å²) in [5.41, 5.74) is 0.584. The number of hydrogen-bond acceptors (Lipinski definition) is 5. The number of nitrogens with one attached hydrogen (secondary N) is 2. The fourth-order valence-electron chi connectivity index (χ4n) is 1.70. The second-order valence-electron chi connectivity index (χ2n) is 5.85. The molecule has 0 aromatic carbocycles. The van der Waals surface area contributed by atoms with E-state index in [-0.39, 0.29) is 6.09 Å². The number of ether oxygens (including phenoxy) is 1. The van der Waals surface area contributed by atoms with Gasteiger partial charge < -0.3 is 15.4 Å². The van der Waals surface area contributed by atoms with Crippen LogP contribution in [-0.2, 0) is 11.2 Å². The topological polar surface area (TPSA) is 76.1 Å². The molecule has 0 aliphatic rings. The number of aromatic nitrogens is 2. The monoisotopic (exact) mass is 294 g/mol. The summed E-state index contributed by atoms with van der Waals surface area (Å²) in [5, 5.41) is 5.95. The maximum atomic E-state index is 11.4. The lowest BCUT2D eigenvalue weighted by molar-refractivity contribution is 0.0528. The molecule has 0 atom stereocenters. The van der Waals surface area contributed by atoms with Crippen molar-refractivity contribution in [1.82, 2.24) is 15.3 Å². The number of aryl methyl sites for hydroxylation is 1. The van der Waals surface area contributed by atoms with Crippen LogP contribution < -0.4 is 10.6 Å². The standard InChI is InChI=1S/C15H26N4O2/c1-5-7-12-10-13(19-11-18-12)16-8-6-9-17-14(20)21-15(2,3)4/h10-11H,5-9H2,1-4H3,(H,17,20)(H,16,18,19).